The minimum atomic E-state index is -1.54. The molecule has 2 heterocycles. The zero-order chi connectivity index (χ0) is 22.8. The fraction of sp³-hybridized carbons (Fsp3) is 0.150. The monoisotopic (exact) mass is 432 g/mol. The first-order valence-corrected chi connectivity index (χ1v) is 9.73. The number of nitrogens with one attached hydrogen (secondary N) is 2. The largest absolute Gasteiger partial charge is 0.488 e. The summed E-state index contributed by atoms with van der Waals surface area (Å²) >= 11 is 0. The van der Waals surface area contributed by atoms with E-state index in [4.69, 9.17) is 5.73 Å². The van der Waals surface area contributed by atoms with Gasteiger partial charge >= 0.3 is 7.12 Å². The Kier molecular flexibility index (Phi) is 5.71. The van der Waals surface area contributed by atoms with E-state index in [1.54, 1.807) is 41.3 Å². The molecule has 0 saturated heterocycles. The predicted octanol–water partition coefficient (Wildman–Crippen LogP) is -0.128. The van der Waals surface area contributed by atoms with Crippen LogP contribution >= 0.6 is 0 Å². The van der Waals surface area contributed by atoms with E-state index < -0.39 is 13.0 Å². The summed E-state index contributed by atoms with van der Waals surface area (Å²) in [5.74, 6) is 0.488. The number of para-hydroxylation sites is 1. The van der Waals surface area contributed by atoms with Crippen molar-refractivity contribution in [2.45, 2.75) is 6.54 Å². The molecule has 0 spiro atoms. The Morgan fingerprint density at radius 2 is 1.94 bits per heavy atom. The number of nitrogens with two attached hydrogens (primary N) is 1. The van der Waals surface area contributed by atoms with Gasteiger partial charge < -0.3 is 26.0 Å². The predicted molar refractivity (Wildman–Crippen MR) is 121 cm³/mol. The lowest BCUT2D eigenvalue weighted by Crippen LogP contribution is -2.30. The molecule has 11 nitrogen and oxygen atoms in total. The van der Waals surface area contributed by atoms with Gasteiger partial charge in [-0.05, 0) is 17.1 Å². The van der Waals surface area contributed by atoms with Crippen LogP contribution in [-0.2, 0) is 6.54 Å². The van der Waals surface area contributed by atoms with Gasteiger partial charge in [-0.3, -0.25) is 9.89 Å². The van der Waals surface area contributed by atoms with Crippen molar-refractivity contribution in [2.75, 3.05) is 24.3 Å². The number of carbonyl (C=O) groups is 1. The van der Waals surface area contributed by atoms with Crippen LogP contribution in [0.4, 0.5) is 11.9 Å². The number of hydrogen-bond acceptors (Lipinski definition) is 9. The Bertz CT molecular complexity index is 1290. The lowest BCUT2D eigenvalue weighted by Gasteiger charge is -2.13. The van der Waals surface area contributed by atoms with E-state index in [-0.39, 0.29) is 0 Å². The van der Waals surface area contributed by atoms with E-state index in [0.717, 1.165) is 5.56 Å². The standard InChI is InChI=1S/C20H21BN8O3/c1-29(2)20-25-18(16-13-7-4-8-14(17(22)30)15(13)27-28-16)24-19(26-20)23-10-11-5-3-6-12(9-11)21(31)32/h3-9,31-32H,10H2,1-2H3,(H2,22,30)(H,27,28)(H,23,24,25,26). The highest BCUT2D eigenvalue weighted by atomic mass is 16.4. The van der Waals surface area contributed by atoms with Gasteiger partial charge in [-0.25, -0.2) is 0 Å². The summed E-state index contributed by atoms with van der Waals surface area (Å²) < 4.78 is 0. The van der Waals surface area contributed by atoms with Gasteiger partial charge in [-0.1, -0.05) is 36.4 Å². The molecule has 12 heteroatoms. The molecule has 4 aromatic rings. The number of rotatable bonds is 7. The summed E-state index contributed by atoms with van der Waals surface area (Å²) in [7, 11) is 2.07. The molecular weight excluding hydrogens is 411 g/mol. The number of H-pyrrole nitrogens is 1. The Morgan fingerprint density at radius 1 is 1.16 bits per heavy atom. The molecule has 0 fully saturated rings. The summed E-state index contributed by atoms with van der Waals surface area (Å²) in [5, 5.41) is 29.7. The Morgan fingerprint density at radius 3 is 2.66 bits per heavy atom. The van der Waals surface area contributed by atoms with Crippen molar-refractivity contribution in [3.05, 3.63) is 53.6 Å². The Balaban J connectivity index is 1.70. The van der Waals surface area contributed by atoms with Gasteiger partial charge in [0.25, 0.3) is 5.91 Å². The van der Waals surface area contributed by atoms with Gasteiger partial charge in [-0.2, -0.15) is 20.1 Å². The van der Waals surface area contributed by atoms with Crippen molar-refractivity contribution in [1.29, 1.82) is 0 Å². The maximum absolute atomic E-state index is 11.7. The topological polar surface area (TPSA) is 166 Å². The van der Waals surface area contributed by atoms with Gasteiger partial charge in [0, 0.05) is 26.0 Å². The van der Waals surface area contributed by atoms with Gasteiger partial charge in [-0.15, -0.1) is 0 Å². The van der Waals surface area contributed by atoms with Crippen molar-refractivity contribution in [3.8, 4) is 11.5 Å². The third-order valence-corrected chi connectivity index (χ3v) is 4.80. The average molecular weight is 432 g/mol. The molecule has 4 rings (SSSR count). The maximum Gasteiger partial charge on any atom is 0.488 e. The number of amides is 1. The van der Waals surface area contributed by atoms with Gasteiger partial charge in [0.05, 0.1) is 11.1 Å². The molecule has 162 valence electrons. The Labute approximate surface area is 183 Å². The first-order chi connectivity index (χ1) is 15.3. The van der Waals surface area contributed by atoms with Crippen molar-refractivity contribution in [1.82, 2.24) is 25.1 Å². The van der Waals surface area contributed by atoms with Crippen molar-refractivity contribution >= 4 is 41.3 Å². The molecule has 0 aliphatic carbocycles. The van der Waals surface area contributed by atoms with Crippen LogP contribution < -0.4 is 21.4 Å². The third kappa shape index (κ3) is 4.22. The molecule has 1 amide bonds. The Hall–Kier alpha value is -4.03. The summed E-state index contributed by atoms with van der Waals surface area (Å²) in [6, 6.07) is 12.0. The van der Waals surface area contributed by atoms with Crippen LogP contribution in [0.15, 0.2) is 42.5 Å². The zero-order valence-electron chi connectivity index (χ0n) is 17.4. The van der Waals surface area contributed by atoms with Gasteiger partial charge in [0.1, 0.15) is 5.69 Å². The van der Waals surface area contributed by atoms with E-state index >= 15 is 0 Å². The molecule has 6 N–H and O–H groups in total. The number of fused-ring (bicyclic) bond motifs is 1. The molecule has 0 saturated carbocycles. The number of nitrogens with zero attached hydrogens (tertiary/aromatic N) is 5. The lowest BCUT2D eigenvalue weighted by atomic mass is 9.80. The van der Waals surface area contributed by atoms with Gasteiger partial charge in [0.2, 0.25) is 11.9 Å². The van der Waals surface area contributed by atoms with Crippen LogP contribution in [0.1, 0.15) is 15.9 Å². The molecule has 2 aromatic heterocycles. The van der Waals surface area contributed by atoms with Gasteiger partial charge in [0.15, 0.2) is 5.82 Å². The zero-order valence-corrected chi connectivity index (χ0v) is 17.4. The first kappa shape index (κ1) is 21.2. The highest BCUT2D eigenvalue weighted by Crippen LogP contribution is 2.27. The van der Waals surface area contributed by atoms with Crippen molar-refractivity contribution < 1.29 is 14.8 Å². The normalized spacial score (nSPS) is 10.9. The summed E-state index contributed by atoms with van der Waals surface area (Å²) in [4.78, 5) is 26.9. The number of primary amides is 1. The smallest absolute Gasteiger partial charge is 0.423 e. The summed E-state index contributed by atoms with van der Waals surface area (Å²) in [6.07, 6.45) is 0. The van der Waals surface area contributed by atoms with Crippen molar-refractivity contribution in [2.24, 2.45) is 5.73 Å². The molecule has 32 heavy (non-hydrogen) atoms. The number of anilines is 2. The second-order valence-corrected chi connectivity index (χ2v) is 7.31. The maximum atomic E-state index is 11.7. The molecule has 0 atom stereocenters. The minimum absolute atomic E-state index is 0.316. The summed E-state index contributed by atoms with van der Waals surface area (Å²) in [6.45, 7) is 0.351. The van der Waals surface area contributed by atoms with E-state index in [2.05, 4.69) is 30.5 Å². The molecule has 0 aliphatic rings. The van der Waals surface area contributed by atoms with E-state index in [1.807, 2.05) is 20.2 Å². The molecule has 0 aliphatic heterocycles. The fourth-order valence-corrected chi connectivity index (χ4v) is 3.21. The lowest BCUT2D eigenvalue weighted by molar-refractivity contribution is 0.100. The average Bonchev–Trinajstić information content (AvgIpc) is 3.21. The van der Waals surface area contributed by atoms with Crippen molar-refractivity contribution in [3.63, 3.8) is 0 Å². The second-order valence-electron chi connectivity index (χ2n) is 7.31. The number of carbonyl (C=O) groups excluding carboxylic acids is 1. The number of hydrogen-bond donors (Lipinski definition) is 5. The van der Waals surface area contributed by atoms with Crippen LogP contribution in [0, 0.1) is 0 Å². The third-order valence-electron chi connectivity index (χ3n) is 4.80. The number of benzene rings is 2. The van der Waals surface area contributed by atoms with E-state index in [1.165, 1.54) is 0 Å². The fourth-order valence-electron chi connectivity index (χ4n) is 3.21. The second kappa shape index (κ2) is 8.61. The van der Waals surface area contributed by atoms with Crippen LogP contribution in [0.2, 0.25) is 0 Å². The van der Waals surface area contributed by atoms with E-state index in [9.17, 15) is 14.8 Å². The minimum Gasteiger partial charge on any atom is -0.423 e. The molecule has 0 radical (unpaired) electrons. The molecular formula is C20H21BN8O3. The van der Waals surface area contributed by atoms with Crippen LogP contribution in [-0.4, -0.2) is 62.3 Å². The highest BCUT2D eigenvalue weighted by molar-refractivity contribution is 6.58. The van der Waals surface area contributed by atoms with Crippen LogP contribution in [0.3, 0.4) is 0 Å². The number of aromatic amines is 1. The quantitative estimate of drug-likeness (QED) is 0.250. The summed E-state index contributed by atoms with van der Waals surface area (Å²) in [5.41, 5.74) is 7.97. The molecule has 2 aromatic carbocycles. The van der Waals surface area contributed by atoms with Crippen LogP contribution in [0.5, 0.6) is 0 Å². The molecule has 0 bridgehead atoms. The molecule has 0 unspecified atom stereocenters. The van der Waals surface area contributed by atoms with E-state index in [0.29, 0.717) is 51.9 Å². The van der Waals surface area contributed by atoms with Crippen LogP contribution in [0.25, 0.3) is 22.4 Å². The number of aromatic nitrogens is 5. The highest BCUT2D eigenvalue weighted by Gasteiger charge is 2.18. The first-order valence-electron chi connectivity index (χ1n) is 9.73. The SMILES string of the molecule is CN(C)c1nc(NCc2cccc(B(O)O)c2)nc(-c2n[nH]c3c(C(N)=O)cccc23)n1.